The van der Waals surface area contributed by atoms with Gasteiger partial charge in [0.2, 0.25) is 5.91 Å². The van der Waals surface area contributed by atoms with Crippen molar-refractivity contribution in [1.29, 1.82) is 0 Å². The van der Waals surface area contributed by atoms with Crippen molar-refractivity contribution in [3.8, 4) is 0 Å². The number of ether oxygens (including phenoxy) is 1. The molecule has 0 unspecified atom stereocenters. The molecule has 3 aliphatic rings. The molecule has 7 nitrogen and oxygen atoms in total. The standard InChI is InChI=1S/C18H20N2O5S.Na/c1-18(2)13(17(23)24)20-15(22)11(16(20)26-18)19-14(21)12-10-6-4-3-5-9(10)7-8-25-12;/h3-6,11-13,16H,7-8H2,1-2H3,(H,19,21)(H,23,24);/q;+1/p-1/t11-,12-,13+,16-;/m1./s1. The monoisotopic (exact) mass is 398 g/mol. The molecule has 0 saturated carbocycles. The van der Waals surface area contributed by atoms with Gasteiger partial charge in [0, 0.05) is 4.75 Å². The van der Waals surface area contributed by atoms with Crippen LogP contribution in [0.5, 0.6) is 0 Å². The predicted octanol–water partition coefficient (Wildman–Crippen LogP) is -3.40. The number of hydrogen-bond donors (Lipinski definition) is 1. The summed E-state index contributed by atoms with van der Waals surface area (Å²) in [6, 6.07) is 5.85. The summed E-state index contributed by atoms with van der Waals surface area (Å²) in [5, 5.41) is 13.8. The Morgan fingerprint density at radius 1 is 1.33 bits per heavy atom. The molecule has 1 N–H and O–H groups in total. The zero-order chi connectivity index (χ0) is 18.6. The molecule has 27 heavy (non-hydrogen) atoms. The number of carbonyl (C=O) groups excluding carboxylic acids is 3. The van der Waals surface area contributed by atoms with Gasteiger partial charge in [-0.1, -0.05) is 24.3 Å². The summed E-state index contributed by atoms with van der Waals surface area (Å²) in [4.78, 5) is 38.0. The zero-order valence-corrected chi connectivity index (χ0v) is 18.2. The second kappa shape index (κ2) is 7.40. The Labute approximate surface area is 183 Å². The van der Waals surface area contributed by atoms with Crippen LogP contribution in [0.2, 0.25) is 0 Å². The third-order valence-electron chi connectivity index (χ3n) is 5.19. The second-order valence-electron chi connectivity index (χ2n) is 7.26. The average molecular weight is 398 g/mol. The minimum absolute atomic E-state index is 0. The van der Waals surface area contributed by atoms with Gasteiger partial charge in [-0.25, -0.2) is 0 Å². The Hall–Kier alpha value is -1.06. The normalized spacial score (nSPS) is 30.4. The number of hydrogen-bond acceptors (Lipinski definition) is 6. The van der Waals surface area contributed by atoms with E-state index < -0.39 is 34.3 Å². The van der Waals surface area contributed by atoms with Crippen molar-refractivity contribution in [1.82, 2.24) is 10.2 Å². The van der Waals surface area contributed by atoms with Crippen LogP contribution in [-0.4, -0.2) is 51.5 Å². The number of benzene rings is 1. The summed E-state index contributed by atoms with van der Waals surface area (Å²) >= 11 is 1.37. The Morgan fingerprint density at radius 2 is 2.04 bits per heavy atom. The van der Waals surface area contributed by atoms with Gasteiger partial charge in [-0.2, -0.15) is 0 Å². The van der Waals surface area contributed by atoms with Gasteiger partial charge in [-0.3, -0.25) is 9.59 Å². The quantitative estimate of drug-likeness (QED) is 0.421. The molecule has 0 aliphatic carbocycles. The molecular formula is C18H19N2NaO5S. The van der Waals surface area contributed by atoms with Gasteiger partial charge in [-0.15, -0.1) is 11.8 Å². The molecular weight excluding hydrogens is 379 g/mol. The number of rotatable bonds is 3. The van der Waals surface area contributed by atoms with E-state index in [1.807, 2.05) is 24.3 Å². The van der Waals surface area contributed by atoms with Gasteiger partial charge in [0.05, 0.1) is 18.6 Å². The van der Waals surface area contributed by atoms with E-state index in [-0.39, 0.29) is 41.4 Å². The van der Waals surface area contributed by atoms with Crippen molar-refractivity contribution < 1.29 is 53.8 Å². The molecule has 2 saturated heterocycles. The molecule has 4 atom stereocenters. The third kappa shape index (κ3) is 3.31. The number of amides is 2. The Balaban J connectivity index is 0.00000210. The number of carboxylic acid groups (broad SMARTS) is 1. The summed E-state index contributed by atoms with van der Waals surface area (Å²) in [6.07, 6.45) is -0.00563. The van der Waals surface area contributed by atoms with E-state index in [4.69, 9.17) is 4.74 Å². The first-order chi connectivity index (χ1) is 12.3. The summed E-state index contributed by atoms with van der Waals surface area (Å²) in [5.41, 5.74) is 1.88. The summed E-state index contributed by atoms with van der Waals surface area (Å²) in [7, 11) is 0. The van der Waals surface area contributed by atoms with Crippen molar-refractivity contribution in [3.05, 3.63) is 35.4 Å². The Bertz CT molecular complexity index is 802. The summed E-state index contributed by atoms with van der Waals surface area (Å²) < 4.78 is 4.96. The number of fused-ring (bicyclic) bond motifs is 2. The van der Waals surface area contributed by atoms with Gasteiger partial charge >= 0.3 is 29.6 Å². The third-order valence-corrected chi connectivity index (χ3v) is 6.77. The van der Waals surface area contributed by atoms with Crippen molar-refractivity contribution in [2.75, 3.05) is 6.61 Å². The van der Waals surface area contributed by atoms with Crippen molar-refractivity contribution in [3.63, 3.8) is 0 Å². The topological polar surface area (TPSA) is 98.8 Å². The SMILES string of the molecule is CC1(C)S[C@@H]2[C@H](NC(=O)[C@@H]3OCCc4ccccc43)C(=O)N2[C@H]1C(=O)[O-].[Na+]. The van der Waals surface area contributed by atoms with Crippen LogP contribution in [0.15, 0.2) is 24.3 Å². The second-order valence-corrected chi connectivity index (χ2v) is 9.04. The molecule has 2 amide bonds. The van der Waals surface area contributed by atoms with Crippen LogP contribution in [0, 0.1) is 0 Å². The maximum Gasteiger partial charge on any atom is 1.00 e. The van der Waals surface area contributed by atoms with Gasteiger partial charge < -0.3 is 24.9 Å². The molecule has 9 heteroatoms. The first-order valence-corrected chi connectivity index (χ1v) is 9.40. The van der Waals surface area contributed by atoms with E-state index in [1.165, 1.54) is 16.7 Å². The maximum atomic E-state index is 12.7. The molecule has 138 valence electrons. The van der Waals surface area contributed by atoms with Crippen molar-refractivity contribution >= 4 is 29.5 Å². The number of nitrogens with zero attached hydrogens (tertiary/aromatic N) is 1. The fourth-order valence-electron chi connectivity index (χ4n) is 3.97. The Morgan fingerprint density at radius 3 is 2.74 bits per heavy atom. The fourth-order valence-corrected chi connectivity index (χ4v) is 5.59. The molecule has 1 aromatic carbocycles. The summed E-state index contributed by atoms with van der Waals surface area (Å²) in [6.45, 7) is 3.98. The molecule has 4 rings (SSSR count). The number of β-lactam (4-membered cyclic amide) rings is 1. The first-order valence-electron chi connectivity index (χ1n) is 8.52. The summed E-state index contributed by atoms with van der Waals surface area (Å²) in [5.74, 6) is -2.03. The van der Waals surface area contributed by atoms with Crippen LogP contribution in [-0.2, 0) is 25.5 Å². The van der Waals surface area contributed by atoms with E-state index in [9.17, 15) is 19.5 Å². The molecule has 2 fully saturated rings. The first kappa shape index (κ1) is 20.7. The van der Waals surface area contributed by atoms with Gasteiger partial charge in [0.1, 0.15) is 11.4 Å². The van der Waals surface area contributed by atoms with E-state index >= 15 is 0 Å². The van der Waals surface area contributed by atoms with E-state index in [0.29, 0.717) is 6.61 Å². The van der Waals surface area contributed by atoms with Crippen LogP contribution in [0.4, 0.5) is 0 Å². The number of aliphatic carboxylic acids is 1. The number of carbonyl (C=O) groups is 3. The molecule has 0 radical (unpaired) electrons. The zero-order valence-electron chi connectivity index (χ0n) is 15.4. The average Bonchev–Trinajstić information content (AvgIpc) is 2.87. The minimum Gasteiger partial charge on any atom is -0.548 e. The van der Waals surface area contributed by atoms with Crippen molar-refractivity contribution in [2.24, 2.45) is 0 Å². The minimum atomic E-state index is -1.27. The molecule has 3 heterocycles. The smallest absolute Gasteiger partial charge is 0.548 e. The Kier molecular flexibility index (Phi) is 5.67. The fraction of sp³-hybridized carbons (Fsp3) is 0.500. The van der Waals surface area contributed by atoms with Crippen LogP contribution >= 0.6 is 11.8 Å². The van der Waals surface area contributed by atoms with Gasteiger partial charge in [0.15, 0.2) is 6.10 Å². The van der Waals surface area contributed by atoms with Gasteiger partial charge in [0.25, 0.3) is 5.91 Å². The molecule has 0 bridgehead atoms. The van der Waals surface area contributed by atoms with E-state index in [0.717, 1.165) is 17.5 Å². The molecule has 0 spiro atoms. The maximum absolute atomic E-state index is 12.7. The molecule has 0 aromatic heterocycles. The predicted molar refractivity (Wildman–Crippen MR) is 91.9 cm³/mol. The van der Waals surface area contributed by atoms with Crippen molar-refractivity contribution in [2.45, 2.75) is 48.6 Å². The molecule has 1 aromatic rings. The van der Waals surface area contributed by atoms with E-state index in [1.54, 1.807) is 13.8 Å². The number of nitrogens with one attached hydrogen (secondary N) is 1. The van der Waals surface area contributed by atoms with E-state index in [2.05, 4.69) is 5.32 Å². The number of thioether (sulfide) groups is 1. The van der Waals surface area contributed by atoms with Crippen LogP contribution in [0.25, 0.3) is 0 Å². The largest absolute Gasteiger partial charge is 1.00 e. The molecule has 3 aliphatic heterocycles. The van der Waals surface area contributed by atoms with Crippen LogP contribution in [0.3, 0.4) is 0 Å². The number of carboxylic acids is 1. The van der Waals surface area contributed by atoms with Crippen LogP contribution < -0.4 is 40.0 Å². The van der Waals surface area contributed by atoms with Crippen LogP contribution in [0.1, 0.15) is 31.1 Å². The van der Waals surface area contributed by atoms with Gasteiger partial charge in [-0.05, 0) is 31.4 Å².